The third kappa shape index (κ3) is 8.49. The molecule has 7 aliphatic rings. The Morgan fingerprint density at radius 2 is 0.868 bits per heavy atom. The number of ether oxygens (including phenoxy) is 1. The molecule has 0 saturated carbocycles. The zero-order valence-corrected chi connectivity index (χ0v) is 54.5. The zero-order chi connectivity index (χ0) is 62.4. The van der Waals surface area contributed by atoms with Crippen LogP contribution in [-0.2, 0) is 40.2 Å². The lowest BCUT2D eigenvalue weighted by molar-refractivity contribution is 0.398. The van der Waals surface area contributed by atoms with Gasteiger partial charge in [0.25, 0.3) is 0 Å². The first-order chi connectivity index (χ1) is 43.6. The Balaban J connectivity index is 0.737. The molecule has 0 saturated heterocycles. The molecular weight excluding hydrogens is 1140 g/mol. The van der Waals surface area contributed by atoms with Crippen molar-refractivity contribution < 1.29 is 13.6 Å². The monoisotopic (exact) mass is 1210 g/mol. The average molecular weight is 1220 g/mol. The van der Waals surface area contributed by atoms with Crippen LogP contribution in [0.25, 0.3) is 77.6 Å². The van der Waals surface area contributed by atoms with Gasteiger partial charge in [0.15, 0.2) is 0 Å². The second-order valence-corrected chi connectivity index (χ2v) is 30.8. The van der Waals surface area contributed by atoms with Crippen LogP contribution < -0.4 is 25.8 Å². The normalized spacial score (nSPS) is 18.9. The molecule has 0 N–H and O–H groups in total. The van der Waals surface area contributed by atoms with E-state index in [1.165, 1.54) is 44.8 Å². The molecule has 8 aromatic carbocycles. The van der Waals surface area contributed by atoms with E-state index < -0.39 is 5.63 Å². The van der Waals surface area contributed by atoms with E-state index in [2.05, 4.69) is 200 Å². The van der Waals surface area contributed by atoms with Gasteiger partial charge in [-0.1, -0.05) is 190 Å². The van der Waals surface area contributed by atoms with Crippen molar-refractivity contribution >= 4 is 56.0 Å². The van der Waals surface area contributed by atoms with Crippen LogP contribution in [0.1, 0.15) is 151 Å². The van der Waals surface area contributed by atoms with Gasteiger partial charge in [0, 0.05) is 86.5 Å². The van der Waals surface area contributed by atoms with Gasteiger partial charge in [-0.15, -0.1) is 0 Å². The summed E-state index contributed by atoms with van der Waals surface area (Å²) in [5, 5.41) is 2.59. The Kier molecular flexibility index (Phi) is 12.1. The molecule has 0 spiro atoms. The maximum atomic E-state index is 15.0. The van der Waals surface area contributed by atoms with Gasteiger partial charge in [-0.25, -0.2) is 14.6 Å². The first kappa shape index (κ1) is 56.3. The van der Waals surface area contributed by atoms with Crippen LogP contribution in [0.3, 0.4) is 0 Å². The van der Waals surface area contributed by atoms with E-state index >= 15 is 0 Å². The smallest absolute Gasteiger partial charge is 0.349 e. The van der Waals surface area contributed by atoms with Crippen molar-refractivity contribution in [2.24, 2.45) is 9.98 Å². The Morgan fingerprint density at radius 1 is 0.429 bits per heavy atom. The molecule has 91 heavy (non-hydrogen) atoms. The van der Waals surface area contributed by atoms with E-state index in [0.717, 1.165) is 134 Å². The summed E-state index contributed by atoms with van der Waals surface area (Å²) in [4.78, 5) is 46.1. The van der Waals surface area contributed by atoms with Crippen molar-refractivity contribution in [1.82, 2.24) is 0 Å². The first-order valence-electron chi connectivity index (χ1n) is 32.6. The van der Waals surface area contributed by atoms with Crippen molar-refractivity contribution in [3.8, 4) is 61.4 Å². The van der Waals surface area contributed by atoms with Crippen molar-refractivity contribution in [3.05, 3.63) is 222 Å². The molecule has 0 bridgehead atoms. The lowest BCUT2D eigenvalue weighted by Gasteiger charge is -2.48. The minimum absolute atomic E-state index is 0.0693. The molecule has 0 unspecified atom stereocenters. The van der Waals surface area contributed by atoms with E-state index in [1.54, 1.807) is 11.8 Å². The quantitative estimate of drug-likeness (QED) is 0.152. The fourth-order valence-corrected chi connectivity index (χ4v) is 17.5. The minimum atomic E-state index is -0.446. The highest BCUT2D eigenvalue weighted by Crippen LogP contribution is 2.57. The summed E-state index contributed by atoms with van der Waals surface area (Å²) < 4.78 is 19.9. The number of aliphatic imine (C=N–C) groups is 2. The number of benzene rings is 8. The molecule has 0 radical (unpaired) electrons. The Labute approximate surface area is 535 Å². The molecule has 454 valence electrons. The number of rotatable bonds is 6. The van der Waals surface area contributed by atoms with Crippen LogP contribution in [0, 0.1) is 0 Å². The standard InChI is InChI=1S/C81H74N4O5S/c1-77(2)31-35-84-37-33-79(5,6)67-69(84)59(77)41-55-63(65(75(86)89-71(55)67)73-82-43-51-15-11-13-17-61(51)88-73)47-23-19-45(20-24-47)49-27-29-53-54-30-28-50(40-58(54)81(9,10)57(53)39-49)46-21-25-48(26-22-46)64-56-42-60-70-68(80(7,8)34-38-85(70)36-32-78(60,3)4)72(56)90-76(87)66(64)74-83-44-52-16-12-14-18-62(52)91-74/h11-30,39-42H,31-38,43-44H2,1-10H3. The Morgan fingerprint density at radius 3 is 1.41 bits per heavy atom. The predicted molar refractivity (Wildman–Crippen MR) is 373 cm³/mol. The van der Waals surface area contributed by atoms with Gasteiger partial charge >= 0.3 is 11.3 Å². The minimum Gasteiger partial charge on any atom is -0.438 e. The molecule has 10 heteroatoms. The molecule has 6 aliphatic heterocycles. The van der Waals surface area contributed by atoms with E-state index in [9.17, 15) is 9.59 Å². The highest BCUT2D eigenvalue weighted by atomic mass is 32.2. The number of para-hydroxylation sites is 1. The van der Waals surface area contributed by atoms with E-state index in [-0.39, 0.29) is 38.6 Å². The molecule has 0 amide bonds. The topological polar surface area (TPSA) is 101 Å². The fraction of sp³-hybridized carbons (Fsp3) is 0.309. The second kappa shape index (κ2) is 19.6. The molecule has 0 atom stereocenters. The first-order valence-corrected chi connectivity index (χ1v) is 33.4. The van der Waals surface area contributed by atoms with E-state index in [0.29, 0.717) is 46.2 Å². The van der Waals surface area contributed by atoms with Crippen LogP contribution >= 0.6 is 11.8 Å². The summed E-state index contributed by atoms with van der Waals surface area (Å²) in [6.07, 6.45) is 4.03. The third-order valence-corrected chi connectivity index (χ3v) is 23.2. The van der Waals surface area contributed by atoms with E-state index in [1.807, 2.05) is 24.3 Å². The highest BCUT2D eigenvalue weighted by Gasteiger charge is 2.46. The molecule has 10 aromatic rings. The SMILES string of the molecule is CC1(C)CCN2CCC(C)(C)c3c2c1cc1c(-c2ccc(-c4ccc5c(c4)C(C)(C)c4cc(-c6ccc(-c7c(C8=NCc9ccccc9S8)c(=O)oc8c9c%10c(cc78)C(C)(C)CCN%10CCC9(C)C)cc6)ccc4-5)cc2)c(C2=NCc4ccccc4O2)c(=O)oc31. The number of hydrogen-bond donors (Lipinski definition) is 0. The molecule has 8 heterocycles. The Hall–Kier alpha value is -8.73. The van der Waals surface area contributed by atoms with Gasteiger partial charge < -0.3 is 23.4 Å². The lowest BCUT2D eigenvalue weighted by Crippen LogP contribution is -2.45. The number of nitrogens with zero attached hydrogens (tertiary/aromatic N) is 4. The maximum Gasteiger partial charge on any atom is 0.349 e. The summed E-state index contributed by atoms with van der Waals surface area (Å²) in [7, 11) is 0. The largest absolute Gasteiger partial charge is 0.438 e. The molecular formula is C81H74N4O5S. The van der Waals surface area contributed by atoms with Gasteiger partial charge in [-0.2, -0.15) is 0 Å². The Bertz CT molecular complexity index is 4720. The number of fused-ring (bicyclic) bond motifs is 9. The van der Waals surface area contributed by atoms with Gasteiger partial charge in [-0.05, 0) is 156 Å². The van der Waals surface area contributed by atoms with Gasteiger partial charge in [0.1, 0.15) is 33.1 Å². The van der Waals surface area contributed by atoms with Gasteiger partial charge in [-0.3, -0.25) is 4.99 Å². The van der Waals surface area contributed by atoms with Crippen LogP contribution in [0.5, 0.6) is 5.75 Å². The van der Waals surface area contributed by atoms with Crippen molar-refractivity contribution in [2.75, 3.05) is 36.0 Å². The van der Waals surface area contributed by atoms with Crippen LogP contribution in [0.15, 0.2) is 179 Å². The summed E-state index contributed by atoms with van der Waals surface area (Å²) in [5.74, 6) is 0.987. The summed E-state index contributed by atoms with van der Waals surface area (Å²) in [6, 6.07) is 52.4. The van der Waals surface area contributed by atoms with Crippen LogP contribution in [-0.4, -0.2) is 37.1 Å². The van der Waals surface area contributed by atoms with Crippen molar-refractivity contribution in [1.29, 1.82) is 0 Å². The van der Waals surface area contributed by atoms with Crippen LogP contribution in [0.2, 0.25) is 0 Å². The molecule has 17 rings (SSSR count). The predicted octanol–water partition coefficient (Wildman–Crippen LogP) is 18.6. The molecule has 0 fully saturated rings. The highest BCUT2D eigenvalue weighted by molar-refractivity contribution is 8.14. The summed E-state index contributed by atoms with van der Waals surface area (Å²) in [6.45, 7) is 28.2. The number of hydrogen-bond acceptors (Lipinski definition) is 10. The number of anilines is 2. The van der Waals surface area contributed by atoms with Crippen LogP contribution in [0.4, 0.5) is 11.4 Å². The average Bonchev–Trinajstić information content (AvgIpc) is 1.33. The molecule has 1 aliphatic carbocycles. The fourth-order valence-electron chi connectivity index (χ4n) is 16.5. The van der Waals surface area contributed by atoms with Gasteiger partial charge in [0.05, 0.1) is 13.1 Å². The third-order valence-electron chi connectivity index (χ3n) is 22.1. The molecule has 9 nitrogen and oxygen atoms in total. The summed E-state index contributed by atoms with van der Waals surface area (Å²) >= 11 is 1.57. The zero-order valence-electron chi connectivity index (χ0n) is 53.7. The van der Waals surface area contributed by atoms with Crippen molar-refractivity contribution in [2.45, 2.75) is 140 Å². The van der Waals surface area contributed by atoms with Crippen molar-refractivity contribution in [3.63, 3.8) is 0 Å². The second-order valence-electron chi connectivity index (χ2n) is 29.8. The van der Waals surface area contributed by atoms with Gasteiger partial charge in [0.2, 0.25) is 5.90 Å². The molecule has 2 aromatic heterocycles. The van der Waals surface area contributed by atoms with E-state index in [4.69, 9.17) is 23.6 Å². The maximum absolute atomic E-state index is 15.0. The lowest BCUT2D eigenvalue weighted by atomic mass is 9.68. The summed E-state index contributed by atoms with van der Waals surface area (Å²) in [5.41, 5.74) is 23.1. The number of thioether (sulfide) groups is 1.